The predicted octanol–water partition coefficient (Wildman–Crippen LogP) is 4.68. The van der Waals surface area contributed by atoms with Crippen molar-refractivity contribution in [2.24, 2.45) is 0 Å². The lowest BCUT2D eigenvalue weighted by Crippen LogP contribution is -2.20. The van der Waals surface area contributed by atoms with Crippen molar-refractivity contribution >= 4 is 29.4 Å². The topological polar surface area (TPSA) is 41.9 Å². The summed E-state index contributed by atoms with van der Waals surface area (Å²) >= 11 is 1.64. The van der Waals surface area contributed by atoms with Crippen molar-refractivity contribution in [1.82, 2.24) is 15.0 Å². The van der Waals surface area contributed by atoms with Crippen LogP contribution in [0.1, 0.15) is 29.0 Å². The molecule has 0 amide bonds. The van der Waals surface area contributed by atoms with E-state index < -0.39 is 0 Å². The molecule has 0 atom stereocenters. The third kappa shape index (κ3) is 3.77. The van der Waals surface area contributed by atoms with E-state index in [1.165, 1.54) is 18.4 Å². The number of nitrogens with zero attached hydrogens (tertiary/aromatic N) is 4. The van der Waals surface area contributed by atoms with E-state index in [2.05, 4.69) is 56.4 Å². The fraction of sp³-hybridized carbons (Fsp3) is 0.250. The van der Waals surface area contributed by atoms with Crippen LogP contribution in [0.4, 0.5) is 5.95 Å². The van der Waals surface area contributed by atoms with Gasteiger partial charge in [-0.15, -0.1) is 11.3 Å². The molecule has 1 aliphatic rings. The second-order valence-corrected chi connectivity index (χ2v) is 7.17. The van der Waals surface area contributed by atoms with Crippen LogP contribution in [0.3, 0.4) is 0 Å². The van der Waals surface area contributed by atoms with Crippen LogP contribution in [-0.2, 0) is 0 Å². The van der Waals surface area contributed by atoms with Gasteiger partial charge in [0.2, 0.25) is 5.95 Å². The molecule has 126 valence electrons. The zero-order valence-corrected chi connectivity index (χ0v) is 15.0. The normalized spacial score (nSPS) is 14.5. The fourth-order valence-electron chi connectivity index (χ4n) is 2.89. The SMILES string of the molecule is Cc1ccc(-c2csc(/C=C/c3cnc(N4CCCC4)nc3)n2)cc1. The first-order valence-corrected chi connectivity index (χ1v) is 9.43. The minimum Gasteiger partial charge on any atom is -0.341 e. The van der Waals surface area contributed by atoms with Gasteiger partial charge in [-0.1, -0.05) is 29.8 Å². The van der Waals surface area contributed by atoms with E-state index in [0.717, 1.165) is 40.9 Å². The van der Waals surface area contributed by atoms with Crippen LogP contribution >= 0.6 is 11.3 Å². The highest BCUT2D eigenvalue weighted by Gasteiger charge is 2.14. The lowest BCUT2D eigenvalue weighted by Gasteiger charge is -2.14. The van der Waals surface area contributed by atoms with Gasteiger partial charge in [0, 0.05) is 42.0 Å². The Labute approximate surface area is 151 Å². The summed E-state index contributed by atoms with van der Waals surface area (Å²) in [5, 5.41) is 3.08. The van der Waals surface area contributed by atoms with E-state index in [0.29, 0.717) is 0 Å². The van der Waals surface area contributed by atoms with Gasteiger partial charge >= 0.3 is 0 Å². The Morgan fingerprint density at radius 1 is 1.00 bits per heavy atom. The Hall–Kier alpha value is -2.53. The maximum atomic E-state index is 4.69. The molecule has 3 heterocycles. The third-order valence-electron chi connectivity index (χ3n) is 4.33. The number of aromatic nitrogens is 3. The van der Waals surface area contributed by atoms with Crippen molar-refractivity contribution in [3.8, 4) is 11.3 Å². The zero-order valence-electron chi connectivity index (χ0n) is 14.2. The minimum atomic E-state index is 0.838. The summed E-state index contributed by atoms with van der Waals surface area (Å²) in [5.41, 5.74) is 4.43. The average molecular weight is 348 g/mol. The minimum absolute atomic E-state index is 0.838. The van der Waals surface area contributed by atoms with Crippen molar-refractivity contribution < 1.29 is 0 Å². The molecule has 25 heavy (non-hydrogen) atoms. The van der Waals surface area contributed by atoms with Gasteiger partial charge in [0.05, 0.1) is 5.69 Å². The molecule has 1 aliphatic heterocycles. The van der Waals surface area contributed by atoms with Crippen LogP contribution in [0.25, 0.3) is 23.4 Å². The Morgan fingerprint density at radius 2 is 1.72 bits per heavy atom. The van der Waals surface area contributed by atoms with Crippen LogP contribution in [0.2, 0.25) is 0 Å². The highest BCUT2D eigenvalue weighted by Crippen LogP contribution is 2.23. The molecule has 5 heteroatoms. The summed E-state index contributed by atoms with van der Waals surface area (Å²) in [7, 11) is 0. The Morgan fingerprint density at radius 3 is 2.44 bits per heavy atom. The molecule has 1 aromatic carbocycles. The summed E-state index contributed by atoms with van der Waals surface area (Å²) in [4.78, 5) is 15.9. The van der Waals surface area contributed by atoms with Crippen LogP contribution in [0.5, 0.6) is 0 Å². The molecule has 1 fully saturated rings. The van der Waals surface area contributed by atoms with Gasteiger partial charge in [0.25, 0.3) is 0 Å². The first kappa shape index (κ1) is 16.0. The van der Waals surface area contributed by atoms with Crippen molar-refractivity contribution in [3.63, 3.8) is 0 Å². The van der Waals surface area contributed by atoms with Gasteiger partial charge in [0.15, 0.2) is 0 Å². The lowest BCUT2D eigenvalue weighted by atomic mass is 10.1. The van der Waals surface area contributed by atoms with E-state index in [1.54, 1.807) is 11.3 Å². The lowest BCUT2D eigenvalue weighted by molar-refractivity contribution is 0.897. The predicted molar refractivity (Wildman–Crippen MR) is 105 cm³/mol. The smallest absolute Gasteiger partial charge is 0.225 e. The number of hydrogen-bond acceptors (Lipinski definition) is 5. The Kier molecular flexibility index (Phi) is 4.57. The number of anilines is 1. The summed E-state index contributed by atoms with van der Waals surface area (Å²) in [5.74, 6) is 0.838. The van der Waals surface area contributed by atoms with Crippen molar-refractivity contribution in [2.45, 2.75) is 19.8 Å². The second kappa shape index (κ2) is 7.15. The van der Waals surface area contributed by atoms with E-state index >= 15 is 0 Å². The van der Waals surface area contributed by atoms with Crippen LogP contribution < -0.4 is 4.90 Å². The molecule has 0 saturated carbocycles. The van der Waals surface area contributed by atoms with Gasteiger partial charge in [-0.3, -0.25) is 0 Å². The summed E-state index contributed by atoms with van der Waals surface area (Å²) in [6.07, 6.45) is 10.3. The largest absolute Gasteiger partial charge is 0.341 e. The quantitative estimate of drug-likeness (QED) is 0.686. The molecular formula is C20H20N4S. The molecular weight excluding hydrogens is 328 g/mol. The van der Waals surface area contributed by atoms with Gasteiger partial charge in [-0.25, -0.2) is 15.0 Å². The maximum Gasteiger partial charge on any atom is 0.225 e. The van der Waals surface area contributed by atoms with Crippen molar-refractivity contribution in [2.75, 3.05) is 18.0 Å². The molecule has 0 aliphatic carbocycles. The molecule has 3 aromatic rings. The molecule has 0 radical (unpaired) electrons. The van der Waals surface area contributed by atoms with Gasteiger partial charge in [-0.05, 0) is 31.9 Å². The van der Waals surface area contributed by atoms with E-state index in [-0.39, 0.29) is 0 Å². The highest BCUT2D eigenvalue weighted by atomic mass is 32.1. The van der Waals surface area contributed by atoms with Crippen LogP contribution in [0, 0.1) is 6.92 Å². The first-order chi connectivity index (χ1) is 12.3. The number of rotatable bonds is 4. The third-order valence-corrected chi connectivity index (χ3v) is 5.14. The number of benzene rings is 1. The first-order valence-electron chi connectivity index (χ1n) is 8.55. The Balaban J connectivity index is 1.45. The molecule has 0 unspecified atom stereocenters. The summed E-state index contributed by atoms with van der Waals surface area (Å²) < 4.78 is 0. The van der Waals surface area contributed by atoms with E-state index in [1.807, 2.05) is 24.5 Å². The average Bonchev–Trinajstić information content (AvgIpc) is 3.33. The zero-order chi connectivity index (χ0) is 17.1. The van der Waals surface area contributed by atoms with Crippen molar-refractivity contribution in [3.05, 3.63) is 58.2 Å². The molecule has 0 N–H and O–H groups in total. The second-order valence-electron chi connectivity index (χ2n) is 6.28. The fourth-order valence-corrected chi connectivity index (χ4v) is 3.61. The maximum absolute atomic E-state index is 4.69. The molecule has 2 aromatic heterocycles. The standard InChI is InChI=1S/C20H20N4S/c1-15-4-7-17(8-5-15)18-14-25-19(23-18)9-6-16-12-21-20(22-13-16)24-10-2-3-11-24/h4-9,12-14H,2-3,10-11H2,1H3/b9-6+. The van der Waals surface area contributed by atoms with E-state index in [4.69, 9.17) is 0 Å². The molecule has 4 nitrogen and oxygen atoms in total. The van der Waals surface area contributed by atoms with Gasteiger partial charge in [-0.2, -0.15) is 0 Å². The molecule has 1 saturated heterocycles. The molecule has 4 rings (SSSR count). The van der Waals surface area contributed by atoms with Crippen molar-refractivity contribution in [1.29, 1.82) is 0 Å². The highest BCUT2D eigenvalue weighted by molar-refractivity contribution is 7.10. The van der Waals surface area contributed by atoms with Gasteiger partial charge in [0.1, 0.15) is 5.01 Å². The summed E-state index contributed by atoms with van der Waals surface area (Å²) in [6, 6.07) is 8.46. The molecule has 0 bridgehead atoms. The summed E-state index contributed by atoms with van der Waals surface area (Å²) in [6.45, 7) is 4.22. The number of thiazole rings is 1. The number of aryl methyl sites for hydroxylation is 1. The van der Waals surface area contributed by atoms with Crippen LogP contribution in [-0.4, -0.2) is 28.0 Å². The molecule has 0 spiro atoms. The van der Waals surface area contributed by atoms with Crippen LogP contribution in [0.15, 0.2) is 42.0 Å². The Bertz CT molecular complexity index is 859. The van der Waals surface area contributed by atoms with E-state index in [9.17, 15) is 0 Å². The van der Waals surface area contributed by atoms with Gasteiger partial charge < -0.3 is 4.90 Å². The number of hydrogen-bond donors (Lipinski definition) is 0. The monoisotopic (exact) mass is 348 g/mol.